The fourth-order valence-electron chi connectivity index (χ4n) is 3.30. The minimum absolute atomic E-state index is 0.0461. The van der Waals surface area contributed by atoms with Gasteiger partial charge in [-0.3, -0.25) is 4.79 Å². The van der Waals surface area contributed by atoms with Crippen molar-refractivity contribution < 1.29 is 13.9 Å². The molecule has 0 unspecified atom stereocenters. The number of rotatable bonds is 7. The first-order valence-electron chi connectivity index (χ1n) is 9.99. The molecular formula is C22H18N6O3S. The average molecular weight is 446 g/mol. The summed E-state index contributed by atoms with van der Waals surface area (Å²) >= 11 is 1.55. The van der Waals surface area contributed by atoms with Crippen molar-refractivity contribution in [1.29, 1.82) is 5.26 Å². The standard InChI is InChI=1S/C22H18N6O3S/c1-30-18-5-3-14(11-24-18)13-2-4-15-16(8-13)32-21(25-15)10-20-28-27-19(31-20)9-17(29)26-22(12-23)6-7-22/h2-5,8,11H,6-7,9-10H2,1H3,(H,26,29). The van der Waals surface area contributed by atoms with Crippen LogP contribution in [0.2, 0.25) is 0 Å². The van der Waals surface area contributed by atoms with E-state index >= 15 is 0 Å². The molecule has 5 rings (SSSR count). The number of hydrogen-bond acceptors (Lipinski definition) is 9. The molecule has 4 aromatic rings. The number of fused-ring (bicyclic) bond motifs is 1. The monoisotopic (exact) mass is 446 g/mol. The van der Waals surface area contributed by atoms with Crippen molar-refractivity contribution in [2.45, 2.75) is 31.2 Å². The van der Waals surface area contributed by atoms with E-state index in [0.29, 0.717) is 31.0 Å². The molecule has 0 radical (unpaired) electrons. The van der Waals surface area contributed by atoms with E-state index in [1.54, 1.807) is 24.6 Å². The molecule has 0 atom stereocenters. The minimum Gasteiger partial charge on any atom is -0.481 e. The molecule has 9 nitrogen and oxygen atoms in total. The fourth-order valence-corrected chi connectivity index (χ4v) is 4.30. The lowest BCUT2D eigenvalue weighted by Crippen LogP contribution is -2.36. The van der Waals surface area contributed by atoms with Crippen molar-refractivity contribution in [1.82, 2.24) is 25.5 Å². The summed E-state index contributed by atoms with van der Waals surface area (Å²) in [6, 6.07) is 12.0. The molecule has 1 aliphatic carbocycles. The maximum atomic E-state index is 12.1. The van der Waals surface area contributed by atoms with Crippen LogP contribution in [0.3, 0.4) is 0 Å². The highest BCUT2D eigenvalue weighted by Crippen LogP contribution is 2.34. The highest BCUT2D eigenvalue weighted by molar-refractivity contribution is 7.18. The summed E-state index contributed by atoms with van der Waals surface area (Å²) in [6.07, 6.45) is 3.47. The zero-order chi connectivity index (χ0) is 22.1. The Morgan fingerprint density at radius 1 is 1.25 bits per heavy atom. The molecule has 0 saturated heterocycles. The van der Waals surface area contributed by atoms with Crippen LogP contribution in [0.4, 0.5) is 0 Å². The quantitative estimate of drug-likeness (QED) is 0.459. The van der Waals surface area contributed by atoms with Gasteiger partial charge in [-0.05, 0) is 36.6 Å². The van der Waals surface area contributed by atoms with Crippen molar-refractivity contribution >= 4 is 27.5 Å². The topological polar surface area (TPSA) is 127 Å². The summed E-state index contributed by atoms with van der Waals surface area (Å²) in [5, 5.41) is 20.6. The molecule has 0 aliphatic heterocycles. The zero-order valence-electron chi connectivity index (χ0n) is 17.2. The molecule has 10 heteroatoms. The van der Waals surface area contributed by atoms with E-state index in [4.69, 9.17) is 14.4 Å². The van der Waals surface area contributed by atoms with E-state index in [1.165, 1.54) is 0 Å². The Labute approximate surface area is 187 Å². The van der Waals surface area contributed by atoms with Crippen molar-refractivity contribution in [3.63, 3.8) is 0 Å². The summed E-state index contributed by atoms with van der Waals surface area (Å²) in [4.78, 5) is 21.0. The number of hydrogen-bond donors (Lipinski definition) is 1. The summed E-state index contributed by atoms with van der Waals surface area (Å²) < 4.78 is 11.8. The number of methoxy groups -OCH3 is 1. The normalized spacial score (nSPS) is 14.1. The number of nitriles is 1. The van der Waals surface area contributed by atoms with E-state index in [-0.39, 0.29) is 18.2 Å². The number of aromatic nitrogens is 4. The number of ether oxygens (including phenoxy) is 1. The third kappa shape index (κ3) is 4.15. The van der Waals surface area contributed by atoms with E-state index in [9.17, 15) is 4.79 Å². The SMILES string of the molecule is COc1ccc(-c2ccc3nc(Cc4nnc(CC(=O)NC5(C#N)CC5)o4)sc3c2)cn1. The van der Waals surface area contributed by atoms with Gasteiger partial charge in [0.25, 0.3) is 0 Å². The molecule has 3 heterocycles. The van der Waals surface area contributed by atoms with Gasteiger partial charge in [0.15, 0.2) is 0 Å². The largest absolute Gasteiger partial charge is 0.481 e. The summed E-state index contributed by atoms with van der Waals surface area (Å²) in [7, 11) is 1.59. The number of pyridine rings is 1. The molecule has 1 N–H and O–H groups in total. The number of nitrogens with zero attached hydrogens (tertiary/aromatic N) is 5. The van der Waals surface area contributed by atoms with Gasteiger partial charge < -0.3 is 14.5 Å². The summed E-state index contributed by atoms with van der Waals surface area (Å²) in [5.74, 6) is 0.901. The van der Waals surface area contributed by atoms with Crippen molar-refractivity contribution in [3.8, 4) is 23.1 Å². The van der Waals surface area contributed by atoms with Crippen molar-refractivity contribution in [2.24, 2.45) is 0 Å². The van der Waals surface area contributed by atoms with E-state index < -0.39 is 5.54 Å². The second kappa shape index (κ2) is 8.01. The van der Waals surface area contributed by atoms with Gasteiger partial charge in [0.1, 0.15) is 17.0 Å². The smallest absolute Gasteiger partial charge is 0.230 e. The Bertz CT molecular complexity index is 1330. The molecular weight excluding hydrogens is 428 g/mol. The van der Waals surface area contributed by atoms with Crippen LogP contribution in [0.25, 0.3) is 21.3 Å². The van der Waals surface area contributed by atoms with Crippen LogP contribution in [0.1, 0.15) is 29.6 Å². The third-order valence-electron chi connectivity index (χ3n) is 5.18. The molecule has 1 aliphatic rings. The molecule has 1 saturated carbocycles. The van der Waals surface area contributed by atoms with Gasteiger partial charge in [0.05, 0.1) is 29.8 Å². The summed E-state index contributed by atoms with van der Waals surface area (Å²) in [6.45, 7) is 0. The molecule has 0 bridgehead atoms. The Morgan fingerprint density at radius 3 is 2.78 bits per heavy atom. The minimum atomic E-state index is -0.707. The Hall–Kier alpha value is -3.84. The highest BCUT2D eigenvalue weighted by Gasteiger charge is 2.44. The zero-order valence-corrected chi connectivity index (χ0v) is 18.0. The second-order valence-electron chi connectivity index (χ2n) is 7.56. The lowest BCUT2D eigenvalue weighted by molar-refractivity contribution is -0.121. The third-order valence-corrected chi connectivity index (χ3v) is 6.20. The predicted molar refractivity (Wildman–Crippen MR) is 116 cm³/mol. The molecule has 1 fully saturated rings. The van der Waals surface area contributed by atoms with Crippen LogP contribution in [0.15, 0.2) is 40.9 Å². The highest BCUT2D eigenvalue weighted by atomic mass is 32.1. The molecule has 1 amide bonds. The molecule has 1 aromatic carbocycles. The number of nitrogens with one attached hydrogen (secondary N) is 1. The van der Waals surface area contributed by atoms with Gasteiger partial charge in [-0.25, -0.2) is 9.97 Å². The Kier molecular flexibility index (Phi) is 5.03. The van der Waals surface area contributed by atoms with E-state index in [1.807, 2.05) is 24.3 Å². The van der Waals surface area contributed by atoms with Gasteiger partial charge in [-0.1, -0.05) is 6.07 Å². The molecule has 32 heavy (non-hydrogen) atoms. The first kappa shape index (κ1) is 20.1. The molecule has 160 valence electrons. The molecule has 3 aromatic heterocycles. The number of carbonyl (C=O) groups is 1. The van der Waals surface area contributed by atoms with Gasteiger partial charge >= 0.3 is 0 Å². The maximum absolute atomic E-state index is 12.1. The average Bonchev–Trinajstić information content (AvgIpc) is 3.24. The van der Waals surface area contributed by atoms with Crippen LogP contribution >= 0.6 is 11.3 Å². The van der Waals surface area contributed by atoms with Crippen LogP contribution in [-0.4, -0.2) is 38.7 Å². The van der Waals surface area contributed by atoms with Crippen molar-refractivity contribution in [3.05, 3.63) is 53.3 Å². The number of thiazole rings is 1. The number of benzene rings is 1. The van der Waals surface area contributed by atoms with Gasteiger partial charge in [0.2, 0.25) is 23.6 Å². The lowest BCUT2D eigenvalue weighted by atomic mass is 10.1. The maximum Gasteiger partial charge on any atom is 0.230 e. The first-order chi connectivity index (χ1) is 15.6. The van der Waals surface area contributed by atoms with Gasteiger partial charge in [-0.2, -0.15) is 5.26 Å². The lowest BCUT2D eigenvalue weighted by Gasteiger charge is -2.06. The first-order valence-corrected chi connectivity index (χ1v) is 10.8. The number of carbonyl (C=O) groups excluding carboxylic acids is 1. The van der Waals surface area contributed by atoms with Gasteiger partial charge in [0, 0.05) is 17.8 Å². The Balaban J connectivity index is 1.27. The second-order valence-corrected chi connectivity index (χ2v) is 8.68. The van der Waals surface area contributed by atoms with Crippen LogP contribution in [-0.2, 0) is 17.6 Å². The van der Waals surface area contributed by atoms with E-state index in [2.05, 4.69) is 37.6 Å². The predicted octanol–water partition coefficient (Wildman–Crippen LogP) is 3.06. The molecule has 0 spiro atoms. The van der Waals surface area contributed by atoms with Crippen LogP contribution in [0, 0.1) is 11.3 Å². The summed E-state index contributed by atoms with van der Waals surface area (Å²) in [5.41, 5.74) is 2.22. The number of amides is 1. The van der Waals surface area contributed by atoms with Crippen molar-refractivity contribution in [2.75, 3.05) is 7.11 Å². The van der Waals surface area contributed by atoms with Crippen LogP contribution in [0.5, 0.6) is 5.88 Å². The Morgan fingerprint density at radius 2 is 2.06 bits per heavy atom. The fraction of sp³-hybridized carbons (Fsp3) is 0.273. The van der Waals surface area contributed by atoms with Gasteiger partial charge in [-0.15, -0.1) is 21.5 Å². The van der Waals surface area contributed by atoms with Crippen LogP contribution < -0.4 is 10.1 Å². The van der Waals surface area contributed by atoms with E-state index in [0.717, 1.165) is 26.4 Å².